The van der Waals surface area contributed by atoms with Crippen molar-refractivity contribution in [2.24, 2.45) is 0 Å². The molecular formula is C22H18N2O3S2. The SMILES string of the molecule is CCOC(=O)c1sc(NC(=O)c2ccc(-c3ccccc3)cc2)c(SC#N)c1C. The highest BCUT2D eigenvalue weighted by molar-refractivity contribution is 8.04. The number of anilines is 1. The summed E-state index contributed by atoms with van der Waals surface area (Å²) in [5.74, 6) is -0.761. The highest BCUT2D eigenvalue weighted by Gasteiger charge is 2.23. The Bertz CT molecular complexity index is 1070. The first-order valence-corrected chi connectivity index (χ1v) is 10.5. The molecule has 0 aliphatic carbocycles. The second-order valence-corrected chi connectivity index (χ2v) is 7.84. The average Bonchev–Trinajstić information content (AvgIpc) is 3.05. The topological polar surface area (TPSA) is 79.2 Å². The lowest BCUT2D eigenvalue weighted by molar-refractivity contribution is 0.0531. The van der Waals surface area contributed by atoms with Crippen molar-refractivity contribution in [2.45, 2.75) is 18.7 Å². The van der Waals surface area contributed by atoms with Crippen LogP contribution in [0.15, 0.2) is 59.5 Å². The number of thiocyanates is 1. The van der Waals surface area contributed by atoms with Gasteiger partial charge in [0.25, 0.3) is 5.91 Å². The third kappa shape index (κ3) is 4.67. The van der Waals surface area contributed by atoms with E-state index in [0.717, 1.165) is 34.2 Å². The molecule has 0 aliphatic heterocycles. The van der Waals surface area contributed by atoms with Crippen LogP contribution in [0.25, 0.3) is 11.1 Å². The molecule has 0 fully saturated rings. The smallest absolute Gasteiger partial charge is 0.348 e. The fourth-order valence-corrected chi connectivity index (χ4v) is 4.56. The van der Waals surface area contributed by atoms with Crippen molar-refractivity contribution in [1.29, 1.82) is 5.26 Å². The predicted octanol–water partition coefficient (Wildman–Crippen LogP) is 5.73. The van der Waals surface area contributed by atoms with Crippen molar-refractivity contribution in [2.75, 3.05) is 11.9 Å². The number of nitrogens with one attached hydrogen (secondary N) is 1. The second kappa shape index (κ2) is 9.41. The number of ether oxygens (including phenoxy) is 1. The Hall–Kier alpha value is -3.08. The molecule has 0 saturated heterocycles. The highest BCUT2D eigenvalue weighted by atomic mass is 32.2. The summed E-state index contributed by atoms with van der Waals surface area (Å²) in [4.78, 5) is 25.8. The molecule has 0 spiro atoms. The number of hydrogen-bond acceptors (Lipinski definition) is 6. The van der Waals surface area contributed by atoms with E-state index < -0.39 is 5.97 Å². The van der Waals surface area contributed by atoms with E-state index in [2.05, 4.69) is 5.32 Å². The molecule has 0 aliphatic rings. The Balaban J connectivity index is 1.84. The van der Waals surface area contributed by atoms with Gasteiger partial charge in [-0.05, 0) is 54.4 Å². The summed E-state index contributed by atoms with van der Waals surface area (Å²) >= 11 is 2.03. The Kier molecular flexibility index (Phi) is 6.70. The summed E-state index contributed by atoms with van der Waals surface area (Å²) < 4.78 is 5.07. The molecule has 0 bridgehead atoms. The van der Waals surface area contributed by atoms with Crippen LogP contribution in [0.4, 0.5) is 5.00 Å². The molecule has 0 unspecified atom stereocenters. The van der Waals surface area contributed by atoms with Gasteiger partial charge in [-0.15, -0.1) is 11.3 Å². The van der Waals surface area contributed by atoms with Crippen molar-refractivity contribution in [3.05, 3.63) is 70.6 Å². The van der Waals surface area contributed by atoms with E-state index >= 15 is 0 Å². The van der Waals surface area contributed by atoms with Crippen molar-refractivity contribution in [3.63, 3.8) is 0 Å². The molecule has 0 radical (unpaired) electrons. The van der Waals surface area contributed by atoms with Gasteiger partial charge in [0.05, 0.1) is 11.5 Å². The van der Waals surface area contributed by atoms with Gasteiger partial charge < -0.3 is 10.1 Å². The number of amides is 1. The van der Waals surface area contributed by atoms with Crippen LogP contribution in [0.1, 0.15) is 32.5 Å². The van der Waals surface area contributed by atoms with Gasteiger partial charge in [0.15, 0.2) is 0 Å². The Morgan fingerprint density at radius 1 is 1.10 bits per heavy atom. The summed E-state index contributed by atoms with van der Waals surface area (Å²) in [7, 11) is 0. The van der Waals surface area contributed by atoms with Gasteiger partial charge in [-0.1, -0.05) is 42.5 Å². The molecule has 1 N–H and O–H groups in total. The van der Waals surface area contributed by atoms with Gasteiger partial charge >= 0.3 is 5.97 Å². The van der Waals surface area contributed by atoms with Crippen molar-refractivity contribution >= 4 is 40.0 Å². The van der Waals surface area contributed by atoms with E-state index in [0.29, 0.717) is 25.9 Å². The zero-order valence-electron chi connectivity index (χ0n) is 15.9. The number of nitrogens with zero attached hydrogens (tertiary/aromatic N) is 1. The van der Waals surface area contributed by atoms with E-state index in [-0.39, 0.29) is 12.5 Å². The van der Waals surface area contributed by atoms with Gasteiger partial charge in [-0.3, -0.25) is 4.79 Å². The van der Waals surface area contributed by atoms with E-state index in [1.165, 1.54) is 0 Å². The minimum absolute atomic E-state index is 0.256. The van der Waals surface area contributed by atoms with Gasteiger partial charge in [0.1, 0.15) is 15.3 Å². The lowest BCUT2D eigenvalue weighted by Gasteiger charge is -2.06. The Labute approximate surface area is 177 Å². The fraction of sp³-hybridized carbons (Fsp3) is 0.136. The van der Waals surface area contributed by atoms with Gasteiger partial charge in [-0.2, -0.15) is 5.26 Å². The lowest BCUT2D eigenvalue weighted by Crippen LogP contribution is -2.11. The Morgan fingerprint density at radius 3 is 2.38 bits per heavy atom. The number of rotatable bonds is 6. The number of benzene rings is 2. The maximum absolute atomic E-state index is 12.7. The van der Waals surface area contributed by atoms with Gasteiger partial charge in [0, 0.05) is 5.56 Å². The van der Waals surface area contributed by atoms with Crippen LogP contribution in [0.5, 0.6) is 0 Å². The third-order valence-corrected chi connectivity index (χ3v) is 6.30. The maximum atomic E-state index is 12.7. The standard InChI is InChI=1S/C22H18N2O3S2/c1-3-27-22(26)19-14(2)18(28-13-23)21(29-19)24-20(25)17-11-9-16(10-12-17)15-7-5-4-6-8-15/h4-12H,3H2,1-2H3,(H,24,25). The second-order valence-electron chi connectivity index (χ2n) is 6.03. The Morgan fingerprint density at radius 2 is 1.76 bits per heavy atom. The van der Waals surface area contributed by atoms with Crippen LogP contribution in [-0.2, 0) is 4.74 Å². The summed E-state index contributed by atoms with van der Waals surface area (Å²) in [5.41, 5.74) is 3.20. The molecule has 1 aromatic heterocycles. The van der Waals surface area contributed by atoms with Gasteiger partial charge in [0.2, 0.25) is 0 Å². The summed E-state index contributed by atoms with van der Waals surface area (Å²) in [6.45, 7) is 3.73. The van der Waals surface area contributed by atoms with Crippen LogP contribution >= 0.6 is 23.1 Å². The lowest BCUT2D eigenvalue weighted by atomic mass is 10.0. The summed E-state index contributed by atoms with van der Waals surface area (Å²) in [6.07, 6.45) is 0. The van der Waals surface area contributed by atoms with E-state index in [9.17, 15) is 9.59 Å². The molecule has 3 rings (SSSR count). The van der Waals surface area contributed by atoms with Crippen molar-refractivity contribution in [1.82, 2.24) is 0 Å². The predicted molar refractivity (Wildman–Crippen MR) is 116 cm³/mol. The van der Waals surface area contributed by atoms with E-state index in [1.54, 1.807) is 26.0 Å². The monoisotopic (exact) mass is 422 g/mol. The zero-order chi connectivity index (χ0) is 20.8. The first-order valence-electron chi connectivity index (χ1n) is 8.88. The number of thioether (sulfide) groups is 1. The fourth-order valence-electron chi connectivity index (χ4n) is 2.76. The number of hydrogen-bond donors (Lipinski definition) is 1. The van der Waals surface area contributed by atoms with Crippen LogP contribution in [0, 0.1) is 17.6 Å². The average molecular weight is 423 g/mol. The molecular weight excluding hydrogens is 404 g/mol. The maximum Gasteiger partial charge on any atom is 0.348 e. The normalized spacial score (nSPS) is 10.2. The van der Waals surface area contributed by atoms with E-state index in [1.807, 2.05) is 47.9 Å². The van der Waals surface area contributed by atoms with Crippen LogP contribution < -0.4 is 5.32 Å². The molecule has 1 amide bonds. The first-order chi connectivity index (χ1) is 14.0. The molecule has 3 aromatic rings. The van der Waals surface area contributed by atoms with Crippen LogP contribution in [-0.4, -0.2) is 18.5 Å². The quantitative estimate of drug-likeness (QED) is 0.312. The number of carbonyl (C=O) groups excluding carboxylic acids is 2. The zero-order valence-corrected chi connectivity index (χ0v) is 17.5. The molecule has 146 valence electrons. The molecule has 5 nitrogen and oxygen atoms in total. The molecule has 29 heavy (non-hydrogen) atoms. The van der Waals surface area contributed by atoms with Crippen LogP contribution in [0.3, 0.4) is 0 Å². The van der Waals surface area contributed by atoms with E-state index in [4.69, 9.17) is 10.00 Å². The minimum Gasteiger partial charge on any atom is -0.462 e. The summed E-state index contributed by atoms with van der Waals surface area (Å²) in [6, 6.07) is 17.2. The van der Waals surface area contributed by atoms with Gasteiger partial charge in [-0.25, -0.2) is 4.79 Å². The molecule has 2 aromatic carbocycles. The molecule has 7 heteroatoms. The largest absolute Gasteiger partial charge is 0.462 e. The first kappa shape index (κ1) is 20.6. The minimum atomic E-state index is -0.456. The molecule has 0 atom stereocenters. The van der Waals surface area contributed by atoms with Crippen molar-refractivity contribution < 1.29 is 14.3 Å². The van der Waals surface area contributed by atoms with Crippen molar-refractivity contribution in [3.8, 4) is 16.5 Å². The number of carbonyl (C=O) groups is 2. The third-order valence-electron chi connectivity index (χ3n) is 4.18. The number of nitriles is 1. The highest BCUT2D eigenvalue weighted by Crippen LogP contribution is 2.40. The number of thiophene rings is 1. The molecule has 1 heterocycles. The summed E-state index contributed by atoms with van der Waals surface area (Å²) in [5, 5.41) is 14.4. The number of esters is 1. The molecule has 0 saturated carbocycles. The van der Waals surface area contributed by atoms with Crippen LogP contribution in [0.2, 0.25) is 0 Å².